The quantitative estimate of drug-likeness (QED) is 0.536. The first kappa shape index (κ1) is 15.2. The van der Waals surface area contributed by atoms with E-state index in [0.717, 1.165) is 30.5 Å². The smallest absolute Gasteiger partial charge is 0.162 e. The average Bonchev–Trinajstić information content (AvgIpc) is 2.52. The Balaban J connectivity index is 1.67. The SMILES string of the molecule is Cc1ccc(C(=O)CCCC/C=C\c2ccccn2)cc1. The molecule has 0 unspecified atom stereocenters. The van der Waals surface area contributed by atoms with Gasteiger partial charge in [-0.15, -0.1) is 0 Å². The molecule has 0 saturated heterocycles. The fraction of sp³-hybridized carbons (Fsp3) is 0.263. The molecule has 0 saturated carbocycles. The maximum atomic E-state index is 12.0. The maximum Gasteiger partial charge on any atom is 0.162 e. The highest BCUT2D eigenvalue weighted by Crippen LogP contribution is 2.10. The van der Waals surface area contributed by atoms with Gasteiger partial charge in [0.15, 0.2) is 5.78 Å². The molecule has 0 radical (unpaired) electrons. The Kier molecular flexibility index (Phi) is 5.89. The van der Waals surface area contributed by atoms with Crippen molar-refractivity contribution >= 4 is 11.9 Å². The zero-order chi connectivity index (χ0) is 14.9. The lowest BCUT2D eigenvalue weighted by atomic mass is 10.0. The number of carbonyl (C=O) groups excluding carboxylic acids is 1. The minimum atomic E-state index is 0.240. The van der Waals surface area contributed by atoms with Crippen LogP contribution in [0.5, 0.6) is 0 Å². The van der Waals surface area contributed by atoms with E-state index in [1.165, 1.54) is 5.56 Å². The molecule has 0 N–H and O–H groups in total. The van der Waals surface area contributed by atoms with E-state index < -0.39 is 0 Å². The predicted molar refractivity (Wildman–Crippen MR) is 87.2 cm³/mol. The molecular formula is C19H21NO. The standard InChI is InChI=1S/C19H21NO/c1-16-11-13-17(14-12-16)19(21)10-5-3-2-4-8-18-9-6-7-15-20-18/h4,6-9,11-15H,2-3,5,10H2,1H3/b8-4-. The summed E-state index contributed by atoms with van der Waals surface area (Å²) in [4.78, 5) is 16.2. The molecule has 0 amide bonds. The van der Waals surface area contributed by atoms with Crippen LogP contribution in [0.4, 0.5) is 0 Å². The van der Waals surface area contributed by atoms with E-state index in [9.17, 15) is 4.79 Å². The highest BCUT2D eigenvalue weighted by atomic mass is 16.1. The molecule has 1 aromatic carbocycles. The van der Waals surface area contributed by atoms with Gasteiger partial charge >= 0.3 is 0 Å². The van der Waals surface area contributed by atoms with Gasteiger partial charge < -0.3 is 0 Å². The van der Waals surface area contributed by atoms with Crippen molar-refractivity contribution < 1.29 is 4.79 Å². The second-order valence-electron chi connectivity index (χ2n) is 5.19. The zero-order valence-corrected chi connectivity index (χ0v) is 12.5. The Morgan fingerprint density at radius 1 is 1.10 bits per heavy atom. The molecule has 21 heavy (non-hydrogen) atoms. The molecule has 0 aliphatic carbocycles. The normalized spacial score (nSPS) is 10.9. The molecule has 0 spiro atoms. The van der Waals surface area contributed by atoms with Gasteiger partial charge in [0, 0.05) is 18.2 Å². The number of aromatic nitrogens is 1. The molecule has 0 aliphatic rings. The highest BCUT2D eigenvalue weighted by molar-refractivity contribution is 5.96. The number of unbranched alkanes of at least 4 members (excludes halogenated alkanes) is 2. The third-order valence-corrected chi connectivity index (χ3v) is 3.37. The Hall–Kier alpha value is -2.22. The summed E-state index contributed by atoms with van der Waals surface area (Å²) < 4.78 is 0. The minimum Gasteiger partial charge on any atom is -0.294 e. The van der Waals surface area contributed by atoms with Gasteiger partial charge in [0.05, 0.1) is 5.69 Å². The minimum absolute atomic E-state index is 0.240. The van der Waals surface area contributed by atoms with Crippen LogP contribution < -0.4 is 0 Å². The number of Topliss-reactive ketones (excluding diaryl/α,β-unsaturated/α-hetero) is 1. The lowest BCUT2D eigenvalue weighted by Gasteiger charge is -2.01. The number of aryl methyl sites for hydroxylation is 1. The summed E-state index contributed by atoms with van der Waals surface area (Å²) in [7, 11) is 0. The van der Waals surface area contributed by atoms with Gasteiger partial charge in [0.25, 0.3) is 0 Å². The third kappa shape index (κ3) is 5.35. The number of ketones is 1. The topological polar surface area (TPSA) is 30.0 Å². The van der Waals surface area contributed by atoms with Crippen LogP contribution in [-0.2, 0) is 0 Å². The van der Waals surface area contributed by atoms with E-state index in [-0.39, 0.29) is 5.78 Å². The van der Waals surface area contributed by atoms with Gasteiger partial charge in [-0.3, -0.25) is 9.78 Å². The van der Waals surface area contributed by atoms with Gasteiger partial charge in [-0.25, -0.2) is 0 Å². The van der Waals surface area contributed by atoms with Crippen LogP contribution in [0.3, 0.4) is 0 Å². The zero-order valence-electron chi connectivity index (χ0n) is 12.5. The van der Waals surface area contributed by atoms with E-state index in [1.54, 1.807) is 6.20 Å². The molecule has 1 aromatic heterocycles. The first-order valence-corrected chi connectivity index (χ1v) is 7.43. The maximum absolute atomic E-state index is 12.0. The summed E-state index contributed by atoms with van der Waals surface area (Å²) in [6.07, 6.45) is 9.51. The second-order valence-corrected chi connectivity index (χ2v) is 5.19. The second kappa shape index (κ2) is 8.15. The van der Waals surface area contributed by atoms with Crippen molar-refractivity contribution in [3.63, 3.8) is 0 Å². The molecule has 0 bridgehead atoms. The number of hydrogen-bond donors (Lipinski definition) is 0. The third-order valence-electron chi connectivity index (χ3n) is 3.37. The summed E-state index contributed by atoms with van der Waals surface area (Å²) >= 11 is 0. The van der Waals surface area contributed by atoms with Gasteiger partial charge in [-0.2, -0.15) is 0 Å². The fourth-order valence-electron chi connectivity index (χ4n) is 2.11. The number of nitrogens with zero attached hydrogens (tertiary/aromatic N) is 1. The Labute approximate surface area is 126 Å². The largest absolute Gasteiger partial charge is 0.294 e. The first-order chi connectivity index (χ1) is 10.3. The van der Waals surface area contributed by atoms with Crippen molar-refractivity contribution in [2.75, 3.05) is 0 Å². The van der Waals surface area contributed by atoms with Crippen LogP contribution in [0.1, 0.15) is 47.3 Å². The van der Waals surface area contributed by atoms with Crippen molar-refractivity contribution in [2.45, 2.75) is 32.6 Å². The van der Waals surface area contributed by atoms with Gasteiger partial charge in [-0.05, 0) is 44.4 Å². The van der Waals surface area contributed by atoms with E-state index in [1.807, 2.05) is 55.5 Å². The molecule has 0 aliphatic heterocycles. The Bertz CT molecular complexity index is 585. The Morgan fingerprint density at radius 2 is 1.90 bits per heavy atom. The van der Waals surface area contributed by atoms with Gasteiger partial charge in [-0.1, -0.05) is 42.0 Å². The summed E-state index contributed by atoms with van der Waals surface area (Å²) in [5, 5.41) is 0. The fourth-order valence-corrected chi connectivity index (χ4v) is 2.11. The summed E-state index contributed by atoms with van der Waals surface area (Å²) in [6.45, 7) is 2.03. The summed E-state index contributed by atoms with van der Waals surface area (Å²) in [5.74, 6) is 0.240. The lowest BCUT2D eigenvalue weighted by molar-refractivity contribution is 0.0979. The van der Waals surface area contributed by atoms with Crippen LogP contribution in [-0.4, -0.2) is 10.8 Å². The van der Waals surface area contributed by atoms with Gasteiger partial charge in [0.2, 0.25) is 0 Å². The lowest BCUT2D eigenvalue weighted by Crippen LogP contribution is -1.98. The van der Waals surface area contributed by atoms with Crippen molar-refractivity contribution in [1.82, 2.24) is 4.98 Å². The van der Waals surface area contributed by atoms with Gasteiger partial charge in [0.1, 0.15) is 0 Å². The van der Waals surface area contributed by atoms with Crippen molar-refractivity contribution in [3.05, 3.63) is 71.6 Å². The molecule has 2 aromatic rings. The number of carbonyl (C=O) groups is 1. The molecular weight excluding hydrogens is 258 g/mol. The number of hydrogen-bond acceptors (Lipinski definition) is 2. The van der Waals surface area contributed by atoms with Crippen molar-refractivity contribution in [1.29, 1.82) is 0 Å². The van der Waals surface area contributed by atoms with Crippen LogP contribution in [0.15, 0.2) is 54.7 Å². The van der Waals surface area contributed by atoms with E-state index in [0.29, 0.717) is 6.42 Å². The molecule has 0 fully saturated rings. The van der Waals surface area contributed by atoms with E-state index in [4.69, 9.17) is 0 Å². The number of benzene rings is 1. The molecule has 1 heterocycles. The average molecular weight is 279 g/mol. The van der Waals surface area contributed by atoms with Crippen LogP contribution >= 0.6 is 0 Å². The van der Waals surface area contributed by atoms with Crippen LogP contribution in [0.25, 0.3) is 6.08 Å². The van der Waals surface area contributed by atoms with Crippen molar-refractivity contribution in [2.24, 2.45) is 0 Å². The van der Waals surface area contributed by atoms with Crippen LogP contribution in [0, 0.1) is 6.92 Å². The number of pyridine rings is 1. The van der Waals surface area contributed by atoms with E-state index >= 15 is 0 Å². The summed E-state index contributed by atoms with van der Waals surface area (Å²) in [5.41, 5.74) is 2.99. The number of allylic oxidation sites excluding steroid dienone is 1. The molecule has 108 valence electrons. The van der Waals surface area contributed by atoms with Crippen molar-refractivity contribution in [3.8, 4) is 0 Å². The highest BCUT2D eigenvalue weighted by Gasteiger charge is 2.04. The van der Waals surface area contributed by atoms with Crippen LogP contribution in [0.2, 0.25) is 0 Å². The molecule has 0 atom stereocenters. The molecule has 2 rings (SSSR count). The monoisotopic (exact) mass is 279 g/mol. The first-order valence-electron chi connectivity index (χ1n) is 7.43. The Morgan fingerprint density at radius 3 is 2.62 bits per heavy atom. The number of rotatable bonds is 7. The predicted octanol–water partition coefficient (Wildman–Crippen LogP) is 4.85. The van der Waals surface area contributed by atoms with E-state index in [2.05, 4.69) is 11.1 Å². The summed E-state index contributed by atoms with van der Waals surface area (Å²) in [6, 6.07) is 13.7. The molecule has 2 heteroatoms. The molecule has 2 nitrogen and oxygen atoms in total.